The normalized spacial score (nSPS) is 10.6. The number of thioether (sulfide) groups is 1. The van der Waals surface area contributed by atoms with Crippen LogP contribution in [0.25, 0.3) is 0 Å². The molecule has 0 bridgehead atoms. The lowest BCUT2D eigenvalue weighted by molar-refractivity contribution is -0.133. The standard InChI is InChI=1S/C9H11N5O3S2/c1-5-11-6(17-14-5)2-3-10-8-12-13-9(19-8)18-4-7(15)16/h2-4H2,1H3,(H,10,12)(H,15,16). The molecule has 0 radical (unpaired) electrons. The highest BCUT2D eigenvalue weighted by Crippen LogP contribution is 2.25. The van der Waals surface area contributed by atoms with Crippen molar-refractivity contribution in [1.29, 1.82) is 0 Å². The van der Waals surface area contributed by atoms with E-state index in [1.807, 2.05) is 0 Å². The molecule has 0 saturated heterocycles. The molecule has 2 aromatic heterocycles. The fourth-order valence-corrected chi connectivity index (χ4v) is 2.68. The number of rotatable bonds is 7. The Hall–Kier alpha value is -1.68. The zero-order chi connectivity index (χ0) is 13.7. The number of nitrogens with one attached hydrogen (secondary N) is 1. The van der Waals surface area contributed by atoms with Crippen LogP contribution < -0.4 is 5.32 Å². The van der Waals surface area contributed by atoms with Crippen molar-refractivity contribution in [2.45, 2.75) is 17.7 Å². The summed E-state index contributed by atoms with van der Waals surface area (Å²) in [6.07, 6.45) is 0.595. The lowest BCUT2D eigenvalue weighted by atomic mass is 10.4. The van der Waals surface area contributed by atoms with Crippen LogP contribution in [0.5, 0.6) is 0 Å². The summed E-state index contributed by atoms with van der Waals surface area (Å²) in [6.45, 7) is 2.36. The average Bonchev–Trinajstić information content (AvgIpc) is 2.96. The number of carbonyl (C=O) groups is 1. The summed E-state index contributed by atoms with van der Waals surface area (Å²) in [5.41, 5.74) is 0. The zero-order valence-electron chi connectivity index (χ0n) is 9.99. The van der Waals surface area contributed by atoms with Gasteiger partial charge in [-0.25, -0.2) is 0 Å². The highest BCUT2D eigenvalue weighted by molar-refractivity contribution is 8.01. The van der Waals surface area contributed by atoms with Crippen LogP contribution in [-0.4, -0.2) is 43.7 Å². The first kappa shape index (κ1) is 13.7. The van der Waals surface area contributed by atoms with Crippen molar-refractivity contribution < 1.29 is 14.4 Å². The lowest BCUT2D eigenvalue weighted by Crippen LogP contribution is -2.04. The second-order valence-corrected chi connectivity index (χ2v) is 5.67. The van der Waals surface area contributed by atoms with Crippen LogP contribution in [0, 0.1) is 6.92 Å². The third-order valence-corrected chi connectivity index (χ3v) is 3.91. The van der Waals surface area contributed by atoms with Gasteiger partial charge >= 0.3 is 5.97 Å². The van der Waals surface area contributed by atoms with E-state index < -0.39 is 5.97 Å². The molecule has 2 heterocycles. The second kappa shape index (κ2) is 6.48. The Balaban J connectivity index is 1.75. The van der Waals surface area contributed by atoms with Crippen molar-refractivity contribution in [2.75, 3.05) is 17.6 Å². The fraction of sp³-hybridized carbons (Fsp3) is 0.444. The molecule has 102 valence electrons. The molecule has 0 aliphatic heterocycles. The van der Waals surface area contributed by atoms with Gasteiger partial charge in [-0.3, -0.25) is 4.79 Å². The minimum Gasteiger partial charge on any atom is -0.481 e. The van der Waals surface area contributed by atoms with Crippen molar-refractivity contribution in [2.24, 2.45) is 0 Å². The number of anilines is 1. The summed E-state index contributed by atoms with van der Waals surface area (Å²) in [5.74, 6) is 0.283. The maximum absolute atomic E-state index is 10.4. The molecule has 0 spiro atoms. The maximum Gasteiger partial charge on any atom is 0.313 e. The number of hydrogen-bond acceptors (Lipinski definition) is 9. The molecular formula is C9H11N5O3S2. The first-order chi connectivity index (χ1) is 9.13. The molecule has 8 nitrogen and oxygen atoms in total. The summed E-state index contributed by atoms with van der Waals surface area (Å²) in [6, 6.07) is 0. The molecule has 0 atom stereocenters. The van der Waals surface area contributed by atoms with E-state index in [1.54, 1.807) is 6.92 Å². The Morgan fingerprint density at radius 2 is 2.37 bits per heavy atom. The maximum atomic E-state index is 10.4. The van der Waals surface area contributed by atoms with Crippen LogP contribution in [0.4, 0.5) is 5.13 Å². The molecule has 10 heteroatoms. The van der Waals surface area contributed by atoms with Crippen LogP contribution in [0.1, 0.15) is 11.7 Å². The molecule has 0 aliphatic carbocycles. The van der Waals surface area contributed by atoms with E-state index in [4.69, 9.17) is 9.63 Å². The van der Waals surface area contributed by atoms with Crippen molar-refractivity contribution in [3.8, 4) is 0 Å². The van der Waals surface area contributed by atoms with Gasteiger partial charge in [-0.2, -0.15) is 4.98 Å². The van der Waals surface area contributed by atoms with Crippen molar-refractivity contribution in [3.05, 3.63) is 11.7 Å². The van der Waals surface area contributed by atoms with Crippen molar-refractivity contribution >= 4 is 34.2 Å². The summed E-state index contributed by atoms with van der Waals surface area (Å²) in [4.78, 5) is 14.5. The topological polar surface area (TPSA) is 114 Å². The molecule has 2 N–H and O–H groups in total. The van der Waals surface area contributed by atoms with Crippen molar-refractivity contribution in [1.82, 2.24) is 20.3 Å². The Labute approximate surface area is 116 Å². The molecule has 0 aromatic carbocycles. The number of aliphatic carboxylic acids is 1. The largest absolute Gasteiger partial charge is 0.481 e. The fourth-order valence-electron chi connectivity index (χ4n) is 1.18. The first-order valence-corrected chi connectivity index (χ1v) is 7.15. The summed E-state index contributed by atoms with van der Waals surface area (Å²) in [7, 11) is 0. The molecule has 0 aliphatic rings. The Kier molecular flexibility index (Phi) is 4.68. The van der Waals surface area contributed by atoms with Gasteiger partial charge in [0.15, 0.2) is 10.2 Å². The van der Waals surface area contributed by atoms with E-state index in [0.29, 0.717) is 34.2 Å². The highest BCUT2D eigenvalue weighted by atomic mass is 32.2. The van der Waals surface area contributed by atoms with Crippen molar-refractivity contribution in [3.63, 3.8) is 0 Å². The van der Waals surface area contributed by atoms with E-state index in [0.717, 1.165) is 11.8 Å². The summed E-state index contributed by atoms with van der Waals surface area (Å²) in [5, 5.41) is 23.7. The highest BCUT2D eigenvalue weighted by Gasteiger charge is 2.07. The average molecular weight is 301 g/mol. The Morgan fingerprint density at radius 3 is 3.05 bits per heavy atom. The Morgan fingerprint density at radius 1 is 1.53 bits per heavy atom. The third kappa shape index (κ3) is 4.48. The molecule has 0 unspecified atom stereocenters. The van der Waals surface area contributed by atoms with Gasteiger partial charge in [0.25, 0.3) is 0 Å². The molecule has 2 rings (SSSR count). The van der Waals surface area contributed by atoms with E-state index in [1.165, 1.54) is 11.3 Å². The summed E-state index contributed by atoms with van der Waals surface area (Å²) >= 11 is 2.46. The molecule has 0 amide bonds. The van der Waals surface area contributed by atoms with Crippen LogP contribution >= 0.6 is 23.1 Å². The van der Waals surface area contributed by atoms with E-state index in [9.17, 15) is 4.79 Å². The number of carboxylic acid groups (broad SMARTS) is 1. The van der Waals surface area contributed by atoms with Crippen LogP contribution in [0.3, 0.4) is 0 Å². The monoisotopic (exact) mass is 301 g/mol. The predicted molar refractivity (Wildman–Crippen MR) is 69.5 cm³/mol. The molecular weight excluding hydrogens is 290 g/mol. The third-order valence-electron chi connectivity index (χ3n) is 1.91. The zero-order valence-corrected chi connectivity index (χ0v) is 11.6. The molecule has 2 aromatic rings. The number of aryl methyl sites for hydroxylation is 1. The molecule has 19 heavy (non-hydrogen) atoms. The van der Waals surface area contributed by atoms with Crippen LogP contribution in [0.15, 0.2) is 8.86 Å². The van der Waals surface area contributed by atoms with Gasteiger partial charge in [0.05, 0.1) is 5.75 Å². The Bertz CT molecular complexity index is 556. The van der Waals surface area contributed by atoms with Gasteiger partial charge < -0.3 is 14.9 Å². The minimum absolute atomic E-state index is 0.0180. The quantitative estimate of drug-likeness (QED) is 0.724. The van der Waals surface area contributed by atoms with Gasteiger partial charge in [-0.15, -0.1) is 10.2 Å². The number of carboxylic acids is 1. The van der Waals surface area contributed by atoms with E-state index >= 15 is 0 Å². The van der Waals surface area contributed by atoms with E-state index in [2.05, 4.69) is 25.7 Å². The van der Waals surface area contributed by atoms with Gasteiger partial charge in [0.1, 0.15) is 0 Å². The smallest absolute Gasteiger partial charge is 0.313 e. The van der Waals surface area contributed by atoms with E-state index in [-0.39, 0.29) is 5.75 Å². The number of hydrogen-bond donors (Lipinski definition) is 2. The molecule has 0 saturated carbocycles. The second-order valence-electron chi connectivity index (χ2n) is 3.47. The summed E-state index contributed by atoms with van der Waals surface area (Å²) < 4.78 is 5.59. The van der Waals surface area contributed by atoms with Gasteiger partial charge in [-0.1, -0.05) is 28.3 Å². The minimum atomic E-state index is -0.874. The van der Waals surface area contributed by atoms with Gasteiger partial charge in [0, 0.05) is 13.0 Å². The first-order valence-electron chi connectivity index (χ1n) is 5.34. The number of aromatic nitrogens is 4. The lowest BCUT2D eigenvalue weighted by Gasteiger charge is -1.97. The van der Waals surface area contributed by atoms with Gasteiger partial charge in [0.2, 0.25) is 11.0 Å². The van der Waals surface area contributed by atoms with Crippen LogP contribution in [0.2, 0.25) is 0 Å². The van der Waals surface area contributed by atoms with Gasteiger partial charge in [-0.05, 0) is 6.92 Å². The van der Waals surface area contributed by atoms with Crippen LogP contribution in [-0.2, 0) is 11.2 Å². The SMILES string of the molecule is Cc1noc(CCNc2nnc(SCC(=O)O)s2)n1. The number of nitrogens with zero attached hydrogens (tertiary/aromatic N) is 4. The predicted octanol–water partition coefficient (Wildman–Crippen LogP) is 1.06. The molecule has 0 fully saturated rings.